The highest BCUT2D eigenvalue weighted by atomic mass is 79.9. The van der Waals surface area contributed by atoms with Crippen LogP contribution in [0, 0.1) is 0 Å². The predicted octanol–water partition coefficient (Wildman–Crippen LogP) is 4.09. The van der Waals surface area contributed by atoms with Crippen molar-refractivity contribution in [2.75, 3.05) is 5.32 Å². The number of aryl methyl sites for hydroxylation is 1. The molecule has 3 aromatic rings. The van der Waals surface area contributed by atoms with E-state index in [1.807, 2.05) is 43.5 Å². The van der Waals surface area contributed by atoms with E-state index in [-0.39, 0.29) is 0 Å². The molecule has 0 saturated carbocycles. The van der Waals surface area contributed by atoms with E-state index in [1.54, 1.807) is 6.20 Å². The Labute approximate surface area is 125 Å². The van der Waals surface area contributed by atoms with Crippen LogP contribution in [0.5, 0.6) is 0 Å². The average Bonchev–Trinajstić information content (AvgIpc) is 2.47. The lowest BCUT2D eigenvalue weighted by Gasteiger charge is -2.10. The number of hydrogen-bond donors (Lipinski definition) is 1. The molecule has 5 heteroatoms. The summed E-state index contributed by atoms with van der Waals surface area (Å²) in [5, 5.41) is 5.57. The third kappa shape index (κ3) is 2.63. The van der Waals surface area contributed by atoms with Gasteiger partial charge in [-0.2, -0.15) is 0 Å². The molecule has 0 saturated heterocycles. The molecule has 0 fully saturated rings. The second-order valence-electron chi connectivity index (χ2n) is 4.37. The van der Waals surface area contributed by atoms with Crippen molar-refractivity contribution >= 4 is 38.2 Å². The molecule has 1 aromatic carbocycles. The van der Waals surface area contributed by atoms with E-state index < -0.39 is 0 Å². The Bertz CT molecular complexity index is 752. The first-order valence-electron chi connectivity index (χ1n) is 6.39. The largest absolute Gasteiger partial charge is 0.340 e. The number of aromatic nitrogens is 3. The van der Waals surface area contributed by atoms with Crippen LogP contribution in [0.15, 0.2) is 47.3 Å². The molecular formula is C15H13BrN4. The van der Waals surface area contributed by atoms with Crippen molar-refractivity contribution in [3.05, 3.63) is 53.2 Å². The Morgan fingerprint density at radius 2 is 2.10 bits per heavy atom. The zero-order valence-corrected chi connectivity index (χ0v) is 12.6. The topological polar surface area (TPSA) is 50.7 Å². The van der Waals surface area contributed by atoms with Gasteiger partial charge >= 0.3 is 0 Å². The van der Waals surface area contributed by atoms with Crippen LogP contribution < -0.4 is 5.32 Å². The standard InChI is InChI=1S/C15H13BrN4/c1-2-14-19-13(16)8-15(20-14)18-12-5-3-4-10-9-17-7-6-11(10)12/h3-9H,2H2,1H3,(H,18,19,20). The molecule has 3 rings (SSSR count). The smallest absolute Gasteiger partial charge is 0.135 e. The summed E-state index contributed by atoms with van der Waals surface area (Å²) in [7, 11) is 0. The zero-order valence-electron chi connectivity index (χ0n) is 11.0. The predicted molar refractivity (Wildman–Crippen MR) is 84.1 cm³/mol. The van der Waals surface area contributed by atoms with Crippen molar-refractivity contribution in [2.24, 2.45) is 0 Å². The van der Waals surface area contributed by atoms with Crippen LogP contribution in [0.25, 0.3) is 10.8 Å². The summed E-state index contributed by atoms with van der Waals surface area (Å²) in [6.07, 6.45) is 4.45. The zero-order chi connectivity index (χ0) is 13.9. The third-order valence-electron chi connectivity index (χ3n) is 3.00. The van der Waals surface area contributed by atoms with Gasteiger partial charge in [0, 0.05) is 41.3 Å². The molecule has 0 aliphatic carbocycles. The number of pyridine rings is 1. The number of rotatable bonds is 3. The lowest BCUT2D eigenvalue weighted by atomic mass is 10.1. The van der Waals surface area contributed by atoms with Crippen molar-refractivity contribution in [1.82, 2.24) is 15.0 Å². The minimum atomic E-state index is 0.785. The quantitative estimate of drug-likeness (QED) is 0.735. The maximum absolute atomic E-state index is 4.49. The number of halogens is 1. The van der Waals surface area contributed by atoms with E-state index in [0.717, 1.165) is 39.1 Å². The number of fused-ring (bicyclic) bond motifs is 1. The summed E-state index contributed by atoms with van der Waals surface area (Å²) in [5.41, 5.74) is 1.01. The lowest BCUT2D eigenvalue weighted by molar-refractivity contribution is 0.931. The fourth-order valence-electron chi connectivity index (χ4n) is 2.06. The summed E-state index contributed by atoms with van der Waals surface area (Å²) in [6, 6.07) is 9.95. The van der Waals surface area contributed by atoms with Crippen LogP contribution in [0.3, 0.4) is 0 Å². The Morgan fingerprint density at radius 1 is 1.20 bits per heavy atom. The number of nitrogens with zero attached hydrogens (tertiary/aromatic N) is 3. The van der Waals surface area contributed by atoms with E-state index in [9.17, 15) is 0 Å². The van der Waals surface area contributed by atoms with Gasteiger partial charge in [-0.25, -0.2) is 9.97 Å². The first-order valence-corrected chi connectivity index (χ1v) is 7.19. The van der Waals surface area contributed by atoms with Crippen LogP contribution in [-0.2, 0) is 6.42 Å². The molecule has 0 aliphatic heterocycles. The highest BCUT2D eigenvalue weighted by Crippen LogP contribution is 2.25. The van der Waals surface area contributed by atoms with Crippen LogP contribution in [0.2, 0.25) is 0 Å². The molecular weight excluding hydrogens is 316 g/mol. The van der Waals surface area contributed by atoms with Crippen LogP contribution in [-0.4, -0.2) is 15.0 Å². The molecule has 0 bridgehead atoms. The van der Waals surface area contributed by atoms with Gasteiger partial charge < -0.3 is 5.32 Å². The van der Waals surface area contributed by atoms with Gasteiger partial charge in [-0.1, -0.05) is 19.1 Å². The number of anilines is 2. The van der Waals surface area contributed by atoms with Gasteiger partial charge in [0.2, 0.25) is 0 Å². The fourth-order valence-corrected chi connectivity index (χ4v) is 2.48. The Morgan fingerprint density at radius 3 is 2.95 bits per heavy atom. The minimum absolute atomic E-state index is 0.785. The average molecular weight is 329 g/mol. The molecule has 0 aliphatic rings. The van der Waals surface area contributed by atoms with Gasteiger partial charge in [0.25, 0.3) is 0 Å². The molecule has 2 heterocycles. The molecule has 0 unspecified atom stereocenters. The first kappa shape index (κ1) is 13.0. The number of nitrogens with one attached hydrogen (secondary N) is 1. The van der Waals surface area contributed by atoms with Crippen LogP contribution in [0.1, 0.15) is 12.7 Å². The van der Waals surface area contributed by atoms with E-state index in [1.165, 1.54) is 0 Å². The van der Waals surface area contributed by atoms with Crippen molar-refractivity contribution in [2.45, 2.75) is 13.3 Å². The SMILES string of the molecule is CCc1nc(Br)cc(Nc2cccc3cnccc23)n1. The van der Waals surface area contributed by atoms with E-state index >= 15 is 0 Å². The van der Waals surface area contributed by atoms with Gasteiger partial charge in [-0.05, 0) is 28.1 Å². The normalized spacial score (nSPS) is 10.7. The highest BCUT2D eigenvalue weighted by Gasteiger charge is 2.05. The van der Waals surface area contributed by atoms with Gasteiger partial charge in [0.1, 0.15) is 16.2 Å². The number of benzene rings is 1. The summed E-state index contributed by atoms with van der Waals surface area (Å²) in [5.74, 6) is 1.59. The van der Waals surface area contributed by atoms with Gasteiger partial charge in [-0.15, -0.1) is 0 Å². The molecule has 2 aromatic heterocycles. The summed E-state index contributed by atoms with van der Waals surface area (Å²) < 4.78 is 0.786. The highest BCUT2D eigenvalue weighted by molar-refractivity contribution is 9.10. The summed E-state index contributed by atoms with van der Waals surface area (Å²) in [6.45, 7) is 2.04. The van der Waals surface area contributed by atoms with Gasteiger partial charge in [-0.3, -0.25) is 4.98 Å². The molecule has 0 spiro atoms. The Hall–Kier alpha value is -2.01. The van der Waals surface area contributed by atoms with Gasteiger partial charge in [0.15, 0.2) is 0 Å². The first-order chi connectivity index (χ1) is 9.76. The molecule has 1 N–H and O–H groups in total. The van der Waals surface area contributed by atoms with Crippen molar-refractivity contribution in [1.29, 1.82) is 0 Å². The Balaban J connectivity index is 2.03. The molecule has 4 nitrogen and oxygen atoms in total. The Kier molecular flexibility index (Phi) is 3.60. The monoisotopic (exact) mass is 328 g/mol. The van der Waals surface area contributed by atoms with Crippen LogP contribution >= 0.6 is 15.9 Å². The lowest BCUT2D eigenvalue weighted by Crippen LogP contribution is -2.00. The van der Waals surface area contributed by atoms with Crippen molar-refractivity contribution < 1.29 is 0 Å². The van der Waals surface area contributed by atoms with E-state index in [2.05, 4.69) is 36.2 Å². The molecule has 20 heavy (non-hydrogen) atoms. The fraction of sp³-hybridized carbons (Fsp3) is 0.133. The molecule has 0 atom stereocenters. The van der Waals surface area contributed by atoms with E-state index in [0.29, 0.717) is 0 Å². The maximum Gasteiger partial charge on any atom is 0.135 e. The van der Waals surface area contributed by atoms with Crippen molar-refractivity contribution in [3.8, 4) is 0 Å². The van der Waals surface area contributed by atoms with Gasteiger partial charge in [0.05, 0.1) is 0 Å². The maximum atomic E-state index is 4.49. The summed E-state index contributed by atoms with van der Waals surface area (Å²) in [4.78, 5) is 12.9. The van der Waals surface area contributed by atoms with Crippen LogP contribution in [0.4, 0.5) is 11.5 Å². The molecule has 0 amide bonds. The number of hydrogen-bond acceptors (Lipinski definition) is 4. The van der Waals surface area contributed by atoms with E-state index in [4.69, 9.17) is 0 Å². The third-order valence-corrected chi connectivity index (χ3v) is 3.41. The molecule has 100 valence electrons. The second kappa shape index (κ2) is 5.54. The second-order valence-corrected chi connectivity index (χ2v) is 5.19. The summed E-state index contributed by atoms with van der Waals surface area (Å²) >= 11 is 3.42. The minimum Gasteiger partial charge on any atom is -0.340 e. The molecule has 0 radical (unpaired) electrons. The van der Waals surface area contributed by atoms with Crippen molar-refractivity contribution in [3.63, 3.8) is 0 Å².